The van der Waals surface area contributed by atoms with E-state index >= 15 is 0 Å². The molecule has 0 radical (unpaired) electrons. The average molecular weight is 533 g/mol. The van der Waals surface area contributed by atoms with E-state index in [1.54, 1.807) is 45.2 Å². The number of amides is 2. The van der Waals surface area contributed by atoms with Gasteiger partial charge in [-0.1, -0.05) is 24.3 Å². The minimum Gasteiger partial charge on any atom is -0.463 e. The van der Waals surface area contributed by atoms with Crippen molar-refractivity contribution >= 4 is 17.8 Å². The number of carbonyl (C=O) groups is 3. The molecule has 2 amide bonds. The fourth-order valence-corrected chi connectivity index (χ4v) is 4.38. The van der Waals surface area contributed by atoms with Crippen molar-refractivity contribution in [3.63, 3.8) is 0 Å². The lowest BCUT2D eigenvalue weighted by Crippen LogP contribution is -2.38. The number of halogens is 3. The third kappa shape index (κ3) is 7.00. The molecule has 10 heteroatoms. The normalized spacial score (nSPS) is 16.0. The lowest BCUT2D eigenvalue weighted by atomic mass is 9.83. The Kier molecular flexibility index (Phi) is 9.68. The summed E-state index contributed by atoms with van der Waals surface area (Å²) in [6, 6.07) is 11.3. The first-order chi connectivity index (χ1) is 18.1. The number of hydrogen-bond acceptors (Lipinski definition) is 5. The summed E-state index contributed by atoms with van der Waals surface area (Å²) in [5.74, 6) is -1.93. The third-order valence-electron chi connectivity index (χ3n) is 6.30. The summed E-state index contributed by atoms with van der Waals surface area (Å²) >= 11 is 0. The maximum atomic E-state index is 13.2. The molecule has 204 valence electrons. The monoisotopic (exact) mass is 532 g/mol. The number of nitrogens with zero attached hydrogens (tertiary/aromatic N) is 1. The van der Waals surface area contributed by atoms with Crippen molar-refractivity contribution in [2.75, 3.05) is 26.9 Å². The van der Waals surface area contributed by atoms with E-state index in [4.69, 9.17) is 9.47 Å². The lowest BCUT2D eigenvalue weighted by molar-refractivity contribution is -0.140. The highest BCUT2D eigenvalue weighted by Gasteiger charge is 2.37. The van der Waals surface area contributed by atoms with Gasteiger partial charge in [0.15, 0.2) is 0 Å². The minimum absolute atomic E-state index is 0.102. The van der Waals surface area contributed by atoms with Crippen LogP contribution >= 0.6 is 0 Å². The van der Waals surface area contributed by atoms with Gasteiger partial charge in [-0.25, -0.2) is 4.79 Å². The van der Waals surface area contributed by atoms with Crippen LogP contribution in [0, 0.1) is 0 Å². The van der Waals surface area contributed by atoms with Gasteiger partial charge in [0.1, 0.15) is 0 Å². The molecular formula is C28H31F3N2O5. The van der Waals surface area contributed by atoms with Crippen LogP contribution in [0.25, 0.3) is 0 Å². The first-order valence-electron chi connectivity index (χ1n) is 12.3. The number of alkyl halides is 3. The van der Waals surface area contributed by atoms with Gasteiger partial charge in [0, 0.05) is 43.9 Å². The van der Waals surface area contributed by atoms with E-state index in [2.05, 4.69) is 5.32 Å². The molecule has 0 saturated heterocycles. The van der Waals surface area contributed by atoms with Gasteiger partial charge in [-0.2, -0.15) is 13.2 Å². The lowest BCUT2D eigenvalue weighted by Gasteiger charge is -2.34. The molecule has 3 rings (SSSR count). The highest BCUT2D eigenvalue weighted by atomic mass is 19.4. The van der Waals surface area contributed by atoms with Gasteiger partial charge in [-0.3, -0.25) is 9.59 Å². The average Bonchev–Trinajstić information content (AvgIpc) is 2.88. The van der Waals surface area contributed by atoms with Crippen LogP contribution in [0.3, 0.4) is 0 Å². The minimum atomic E-state index is -4.50. The molecule has 2 aromatic carbocycles. The van der Waals surface area contributed by atoms with Crippen molar-refractivity contribution in [3.05, 3.63) is 82.1 Å². The van der Waals surface area contributed by atoms with Gasteiger partial charge >= 0.3 is 12.1 Å². The highest BCUT2D eigenvalue weighted by Crippen LogP contribution is 2.39. The fourth-order valence-electron chi connectivity index (χ4n) is 4.38. The van der Waals surface area contributed by atoms with Crippen LogP contribution < -0.4 is 5.32 Å². The molecule has 0 bridgehead atoms. The molecule has 1 unspecified atom stereocenters. The number of carbonyl (C=O) groups excluding carboxylic acids is 3. The second kappa shape index (κ2) is 12.7. The van der Waals surface area contributed by atoms with Crippen LogP contribution in [0.1, 0.15) is 59.7 Å². The summed E-state index contributed by atoms with van der Waals surface area (Å²) < 4.78 is 49.4. The van der Waals surface area contributed by atoms with Gasteiger partial charge in [0.05, 0.1) is 24.3 Å². The van der Waals surface area contributed by atoms with Crippen LogP contribution in [-0.4, -0.2) is 49.6 Å². The summed E-state index contributed by atoms with van der Waals surface area (Å²) in [6.07, 6.45) is -3.94. The summed E-state index contributed by atoms with van der Waals surface area (Å²) in [5, 5.41) is 2.81. The van der Waals surface area contributed by atoms with Crippen LogP contribution in [0.15, 0.2) is 59.8 Å². The van der Waals surface area contributed by atoms with E-state index in [1.165, 1.54) is 17.0 Å². The Morgan fingerprint density at radius 1 is 1.13 bits per heavy atom. The van der Waals surface area contributed by atoms with E-state index in [9.17, 15) is 27.6 Å². The Labute approximate surface area is 219 Å². The molecule has 0 fully saturated rings. The maximum absolute atomic E-state index is 13.2. The summed E-state index contributed by atoms with van der Waals surface area (Å²) in [7, 11) is 1.59. The summed E-state index contributed by atoms with van der Waals surface area (Å²) in [6.45, 7) is 4.46. The largest absolute Gasteiger partial charge is 0.463 e. The third-order valence-corrected chi connectivity index (χ3v) is 6.30. The topological polar surface area (TPSA) is 84.9 Å². The van der Waals surface area contributed by atoms with Crippen molar-refractivity contribution in [1.29, 1.82) is 0 Å². The SMILES string of the molecule is CCOC(=O)C1=C(C)N(Cc2cccc(C(=O)NCCCOC)c2)C(=O)CC1c1ccc(C(F)(F)F)cc1. The quantitative estimate of drug-likeness (QED) is 0.350. The molecule has 1 aliphatic heterocycles. The van der Waals surface area contributed by atoms with Gasteiger partial charge in [-0.15, -0.1) is 0 Å². The zero-order valence-electron chi connectivity index (χ0n) is 21.6. The summed E-state index contributed by atoms with van der Waals surface area (Å²) in [5.41, 5.74) is 1.29. The van der Waals surface area contributed by atoms with Crippen LogP contribution in [0.5, 0.6) is 0 Å². The van der Waals surface area contributed by atoms with E-state index in [0.29, 0.717) is 42.0 Å². The number of hydrogen-bond donors (Lipinski definition) is 1. The van der Waals surface area contributed by atoms with Crippen molar-refractivity contribution in [2.24, 2.45) is 0 Å². The zero-order chi connectivity index (χ0) is 27.9. The predicted octanol–water partition coefficient (Wildman–Crippen LogP) is 4.82. The van der Waals surface area contributed by atoms with Crippen LogP contribution in [0.4, 0.5) is 13.2 Å². The number of benzene rings is 2. The molecule has 0 spiro atoms. The second-order valence-corrected chi connectivity index (χ2v) is 8.88. The Morgan fingerprint density at radius 3 is 2.47 bits per heavy atom. The predicted molar refractivity (Wildman–Crippen MR) is 134 cm³/mol. The number of esters is 1. The molecule has 0 aliphatic carbocycles. The first kappa shape index (κ1) is 28.9. The molecule has 38 heavy (non-hydrogen) atoms. The highest BCUT2D eigenvalue weighted by molar-refractivity contribution is 5.96. The summed E-state index contributed by atoms with van der Waals surface area (Å²) in [4.78, 5) is 40.1. The zero-order valence-corrected chi connectivity index (χ0v) is 21.6. The Morgan fingerprint density at radius 2 is 1.84 bits per heavy atom. The van der Waals surface area contributed by atoms with Crippen molar-refractivity contribution in [3.8, 4) is 0 Å². The van der Waals surface area contributed by atoms with E-state index in [-0.39, 0.29) is 37.0 Å². The maximum Gasteiger partial charge on any atom is 0.416 e. The second-order valence-electron chi connectivity index (χ2n) is 8.88. The smallest absolute Gasteiger partial charge is 0.416 e. The molecular weight excluding hydrogens is 501 g/mol. The molecule has 0 saturated carbocycles. The van der Waals surface area contributed by atoms with Gasteiger partial charge in [0.25, 0.3) is 5.91 Å². The molecule has 1 aliphatic rings. The first-order valence-corrected chi connectivity index (χ1v) is 12.3. The molecule has 1 atom stereocenters. The number of nitrogens with one attached hydrogen (secondary N) is 1. The van der Waals surface area contributed by atoms with Crippen LogP contribution in [-0.2, 0) is 31.8 Å². The number of rotatable bonds is 10. The number of ether oxygens (including phenoxy) is 2. The molecule has 1 N–H and O–H groups in total. The van der Waals surface area contributed by atoms with Crippen molar-refractivity contribution in [1.82, 2.24) is 10.2 Å². The Bertz CT molecular complexity index is 1190. The number of methoxy groups -OCH3 is 1. The van der Waals surface area contributed by atoms with Gasteiger partial charge in [0.2, 0.25) is 5.91 Å². The Hall–Kier alpha value is -3.66. The molecule has 1 heterocycles. The van der Waals surface area contributed by atoms with E-state index < -0.39 is 23.6 Å². The molecule has 7 nitrogen and oxygen atoms in total. The molecule has 0 aromatic heterocycles. The van der Waals surface area contributed by atoms with Gasteiger partial charge < -0.3 is 19.7 Å². The van der Waals surface area contributed by atoms with Crippen molar-refractivity contribution in [2.45, 2.75) is 45.3 Å². The standard InChI is InChI=1S/C28H31F3N2O5/c1-4-38-27(36)25-18(2)33(17-19-7-5-8-21(15-19)26(35)32-13-6-14-37-3)24(34)16-23(25)20-9-11-22(12-10-20)28(29,30)31/h5,7-12,15,23H,4,6,13-14,16-17H2,1-3H3,(H,32,35). The van der Waals surface area contributed by atoms with Crippen molar-refractivity contribution < 1.29 is 37.0 Å². The Balaban J connectivity index is 1.89. The van der Waals surface area contributed by atoms with E-state index in [0.717, 1.165) is 12.1 Å². The van der Waals surface area contributed by atoms with Crippen LogP contribution in [0.2, 0.25) is 0 Å². The number of allylic oxidation sites excluding steroid dienone is 1. The fraction of sp³-hybridized carbons (Fsp3) is 0.393. The molecule has 2 aromatic rings. The van der Waals surface area contributed by atoms with E-state index in [1.807, 2.05) is 0 Å². The van der Waals surface area contributed by atoms with Gasteiger partial charge in [-0.05, 0) is 55.7 Å².